The van der Waals surface area contributed by atoms with Crippen LogP contribution in [-0.2, 0) is 4.79 Å². The molecule has 1 amide bonds. The third-order valence-corrected chi connectivity index (χ3v) is 2.97. The Hall–Kier alpha value is -1.76. The molecule has 118 valence electrons. The number of carbonyl (C=O) groups excluding carboxylic acids is 1. The van der Waals surface area contributed by atoms with Gasteiger partial charge in [-0.3, -0.25) is 10.1 Å². The first-order valence-electron chi connectivity index (χ1n) is 6.47. The number of benzene rings is 1. The van der Waals surface area contributed by atoms with Gasteiger partial charge in [0.1, 0.15) is 12.3 Å². The average Bonchev–Trinajstić information content (AvgIpc) is 2.43. The molecule has 1 rings (SSSR count). The van der Waals surface area contributed by atoms with E-state index in [2.05, 4.69) is 5.32 Å². The van der Waals surface area contributed by atoms with E-state index in [0.717, 1.165) is 5.56 Å². The molecule has 0 aliphatic rings. The molecule has 0 heterocycles. The molecule has 21 heavy (non-hydrogen) atoms. The minimum atomic E-state index is -4.41. The molecule has 2 N–H and O–H groups in total. The highest BCUT2D eigenvalue weighted by Crippen LogP contribution is 2.17. The number of carbonyl (C=O) groups is 1. The number of hydrogen-bond donors (Lipinski definition) is 2. The Kier molecular flexibility index (Phi) is 6.02. The van der Waals surface area contributed by atoms with Crippen molar-refractivity contribution in [1.82, 2.24) is 10.6 Å². The Morgan fingerprint density at radius 1 is 1.24 bits per heavy atom. The van der Waals surface area contributed by atoms with Crippen molar-refractivity contribution in [3.8, 4) is 5.75 Å². The minimum Gasteiger partial charge on any atom is -0.497 e. The summed E-state index contributed by atoms with van der Waals surface area (Å²) < 4.78 is 41.1. The maximum Gasteiger partial charge on any atom is 0.405 e. The van der Waals surface area contributed by atoms with E-state index in [4.69, 9.17) is 4.74 Å². The molecule has 0 fully saturated rings. The van der Waals surface area contributed by atoms with Crippen LogP contribution in [0, 0.1) is 0 Å². The van der Waals surface area contributed by atoms with E-state index in [1.54, 1.807) is 19.2 Å². The predicted molar refractivity (Wildman–Crippen MR) is 73.1 cm³/mol. The van der Waals surface area contributed by atoms with E-state index in [1.807, 2.05) is 24.4 Å². The molecule has 0 radical (unpaired) electrons. The molecule has 1 aromatic carbocycles. The van der Waals surface area contributed by atoms with Crippen LogP contribution in [0.15, 0.2) is 24.3 Å². The number of alkyl halides is 3. The molecule has 0 saturated carbocycles. The number of ether oxygens (including phenoxy) is 1. The molecule has 4 nitrogen and oxygen atoms in total. The van der Waals surface area contributed by atoms with Crippen molar-refractivity contribution in [3.63, 3.8) is 0 Å². The van der Waals surface area contributed by atoms with Gasteiger partial charge in [-0.05, 0) is 31.5 Å². The van der Waals surface area contributed by atoms with E-state index in [9.17, 15) is 18.0 Å². The van der Waals surface area contributed by atoms with Gasteiger partial charge in [-0.1, -0.05) is 12.1 Å². The van der Waals surface area contributed by atoms with Crippen molar-refractivity contribution >= 4 is 5.91 Å². The van der Waals surface area contributed by atoms with Crippen molar-refractivity contribution in [2.75, 3.05) is 13.7 Å². The highest BCUT2D eigenvalue weighted by atomic mass is 19.4. The van der Waals surface area contributed by atoms with Gasteiger partial charge in [0.25, 0.3) is 0 Å². The molecule has 0 spiro atoms. The normalized spacial score (nSPS) is 14.4. The second kappa shape index (κ2) is 7.31. The molecule has 0 bridgehead atoms. The van der Waals surface area contributed by atoms with Gasteiger partial charge in [-0.15, -0.1) is 0 Å². The van der Waals surface area contributed by atoms with Crippen LogP contribution in [0.1, 0.15) is 25.5 Å². The van der Waals surface area contributed by atoms with Crippen molar-refractivity contribution in [1.29, 1.82) is 0 Å². The topological polar surface area (TPSA) is 50.4 Å². The zero-order valence-corrected chi connectivity index (χ0v) is 12.1. The van der Waals surface area contributed by atoms with Gasteiger partial charge in [0.2, 0.25) is 5.91 Å². The van der Waals surface area contributed by atoms with Gasteiger partial charge in [0.15, 0.2) is 0 Å². The van der Waals surface area contributed by atoms with Crippen LogP contribution < -0.4 is 15.4 Å². The zero-order valence-electron chi connectivity index (χ0n) is 12.1. The van der Waals surface area contributed by atoms with Gasteiger partial charge in [-0.2, -0.15) is 13.2 Å². The van der Waals surface area contributed by atoms with Crippen LogP contribution in [-0.4, -0.2) is 31.8 Å². The number of rotatable bonds is 6. The number of amides is 1. The number of methoxy groups -OCH3 is 1. The summed E-state index contributed by atoms with van der Waals surface area (Å²) in [6.45, 7) is 2.02. The van der Waals surface area contributed by atoms with Crippen LogP contribution in [0.25, 0.3) is 0 Å². The molecule has 0 aliphatic carbocycles. The molecule has 0 aromatic heterocycles. The number of hydrogen-bond acceptors (Lipinski definition) is 3. The Morgan fingerprint density at radius 3 is 2.29 bits per heavy atom. The van der Waals surface area contributed by atoms with Crippen LogP contribution >= 0.6 is 0 Å². The molecule has 1 unspecified atom stereocenters. The second-order valence-electron chi connectivity index (χ2n) is 4.72. The summed E-state index contributed by atoms with van der Waals surface area (Å²) in [5.41, 5.74) is 0.909. The Labute approximate surface area is 121 Å². The van der Waals surface area contributed by atoms with E-state index in [-0.39, 0.29) is 6.04 Å². The molecular formula is C14H19F3N2O2. The lowest BCUT2D eigenvalue weighted by Gasteiger charge is -2.20. The lowest BCUT2D eigenvalue weighted by molar-refractivity contribution is -0.139. The van der Waals surface area contributed by atoms with E-state index < -0.39 is 24.7 Å². The fraction of sp³-hybridized carbons (Fsp3) is 0.500. The van der Waals surface area contributed by atoms with Crippen LogP contribution in [0.2, 0.25) is 0 Å². The molecule has 2 atom stereocenters. The van der Waals surface area contributed by atoms with E-state index in [0.29, 0.717) is 5.75 Å². The summed E-state index contributed by atoms with van der Waals surface area (Å²) >= 11 is 0. The van der Waals surface area contributed by atoms with Gasteiger partial charge in [-0.25, -0.2) is 0 Å². The Bertz CT molecular complexity index is 460. The molecule has 0 saturated heterocycles. The zero-order chi connectivity index (χ0) is 16.0. The number of halogens is 3. The van der Waals surface area contributed by atoms with Gasteiger partial charge in [0.05, 0.1) is 13.2 Å². The summed E-state index contributed by atoms with van der Waals surface area (Å²) in [7, 11) is 1.56. The predicted octanol–water partition coefficient (Wildman–Crippen LogP) is 2.41. The fourth-order valence-corrected chi connectivity index (χ4v) is 1.78. The molecule has 1 aromatic rings. The lowest BCUT2D eigenvalue weighted by atomic mass is 10.1. The van der Waals surface area contributed by atoms with E-state index in [1.165, 1.54) is 6.92 Å². The summed E-state index contributed by atoms with van der Waals surface area (Å²) in [6.07, 6.45) is -4.41. The Morgan fingerprint density at radius 2 is 1.81 bits per heavy atom. The maximum atomic E-state index is 12.0. The fourth-order valence-electron chi connectivity index (χ4n) is 1.78. The van der Waals surface area contributed by atoms with Gasteiger partial charge >= 0.3 is 6.18 Å². The van der Waals surface area contributed by atoms with E-state index >= 15 is 0 Å². The molecule has 0 aliphatic heterocycles. The minimum absolute atomic E-state index is 0.178. The third-order valence-electron chi connectivity index (χ3n) is 2.97. The lowest BCUT2D eigenvalue weighted by Crippen LogP contribution is -2.45. The quantitative estimate of drug-likeness (QED) is 0.848. The summed E-state index contributed by atoms with van der Waals surface area (Å²) in [5, 5.41) is 4.80. The summed E-state index contributed by atoms with van der Waals surface area (Å²) in [6, 6.07) is 6.31. The SMILES string of the molecule is COc1ccc([C@H](C)NC(C)C(=O)NCC(F)(F)F)cc1. The smallest absolute Gasteiger partial charge is 0.405 e. The van der Waals surface area contributed by atoms with Crippen LogP contribution in [0.3, 0.4) is 0 Å². The van der Waals surface area contributed by atoms with Crippen LogP contribution in [0.4, 0.5) is 13.2 Å². The van der Waals surface area contributed by atoms with Crippen molar-refractivity contribution in [2.45, 2.75) is 32.1 Å². The molecular weight excluding hydrogens is 285 g/mol. The number of nitrogens with one attached hydrogen (secondary N) is 2. The van der Waals surface area contributed by atoms with Crippen molar-refractivity contribution < 1.29 is 22.7 Å². The largest absolute Gasteiger partial charge is 0.497 e. The second-order valence-corrected chi connectivity index (χ2v) is 4.72. The molecule has 7 heteroatoms. The van der Waals surface area contributed by atoms with Crippen molar-refractivity contribution in [2.24, 2.45) is 0 Å². The summed E-state index contributed by atoms with van der Waals surface area (Å²) in [5.74, 6) is 0.0228. The first kappa shape index (κ1) is 17.3. The first-order valence-corrected chi connectivity index (χ1v) is 6.47. The first-order chi connectivity index (χ1) is 9.73. The highest BCUT2D eigenvalue weighted by Gasteiger charge is 2.28. The monoisotopic (exact) mass is 304 g/mol. The Balaban J connectivity index is 2.52. The van der Waals surface area contributed by atoms with Crippen molar-refractivity contribution in [3.05, 3.63) is 29.8 Å². The van der Waals surface area contributed by atoms with Gasteiger partial charge in [0, 0.05) is 6.04 Å². The third kappa shape index (κ3) is 6.03. The van der Waals surface area contributed by atoms with Gasteiger partial charge < -0.3 is 10.1 Å². The average molecular weight is 304 g/mol. The van der Waals surface area contributed by atoms with Crippen LogP contribution in [0.5, 0.6) is 5.75 Å². The highest BCUT2D eigenvalue weighted by molar-refractivity contribution is 5.81. The standard InChI is InChI=1S/C14H19F3N2O2/c1-9(11-4-6-12(21-3)7-5-11)19-10(2)13(20)18-8-14(15,16)17/h4-7,9-10,19H,8H2,1-3H3,(H,18,20)/t9-,10?/m0/s1. The summed E-state index contributed by atoms with van der Waals surface area (Å²) in [4.78, 5) is 11.6. The maximum absolute atomic E-state index is 12.0.